The summed E-state index contributed by atoms with van der Waals surface area (Å²) in [4.78, 5) is 11.6. The number of ether oxygens (including phenoxy) is 3. The molecule has 0 aliphatic rings. The Hall–Kier alpha value is -1.42. The van der Waals surface area contributed by atoms with E-state index in [1.807, 2.05) is 0 Å². The van der Waals surface area contributed by atoms with Gasteiger partial charge in [-0.3, -0.25) is 0 Å². The van der Waals surface area contributed by atoms with Crippen molar-refractivity contribution >= 4 is 17.6 Å². The topological polar surface area (TPSA) is 44.8 Å². The Bertz CT molecular complexity index is 387. The number of hydrogen-bond acceptors (Lipinski definition) is 4. The van der Waals surface area contributed by atoms with E-state index < -0.39 is 5.97 Å². The summed E-state index contributed by atoms with van der Waals surface area (Å²) in [5, 5.41) is 0.229. The van der Waals surface area contributed by atoms with Crippen LogP contribution in [0.1, 0.15) is 15.9 Å². The first-order valence-corrected chi connectivity index (χ1v) is 4.94. The molecule has 0 bridgehead atoms. The van der Waals surface area contributed by atoms with E-state index in [9.17, 15) is 4.79 Å². The molecule has 16 heavy (non-hydrogen) atoms. The highest BCUT2D eigenvalue weighted by Gasteiger charge is 2.21. The minimum Gasteiger partial charge on any atom is -0.496 e. The molecule has 0 heterocycles. The van der Waals surface area contributed by atoms with Crippen LogP contribution in [0.3, 0.4) is 0 Å². The highest BCUT2D eigenvalue weighted by atomic mass is 35.5. The maximum absolute atomic E-state index is 11.6. The second-order valence-electron chi connectivity index (χ2n) is 3.09. The van der Waals surface area contributed by atoms with E-state index >= 15 is 0 Å². The molecule has 0 saturated heterocycles. The van der Waals surface area contributed by atoms with Gasteiger partial charge >= 0.3 is 5.97 Å². The van der Waals surface area contributed by atoms with Crippen molar-refractivity contribution in [3.63, 3.8) is 0 Å². The molecule has 0 aliphatic carbocycles. The van der Waals surface area contributed by atoms with Crippen molar-refractivity contribution in [1.82, 2.24) is 0 Å². The fraction of sp³-hybridized carbons (Fsp3) is 0.364. The van der Waals surface area contributed by atoms with Gasteiger partial charge in [-0.2, -0.15) is 0 Å². The van der Waals surface area contributed by atoms with Crippen molar-refractivity contribution in [3.05, 3.63) is 22.2 Å². The van der Waals surface area contributed by atoms with Crippen molar-refractivity contribution in [3.8, 4) is 11.5 Å². The number of benzene rings is 1. The zero-order chi connectivity index (χ0) is 12.3. The number of halogens is 1. The van der Waals surface area contributed by atoms with Crippen molar-refractivity contribution in [2.24, 2.45) is 0 Å². The number of esters is 1. The van der Waals surface area contributed by atoms with E-state index in [2.05, 4.69) is 4.74 Å². The summed E-state index contributed by atoms with van der Waals surface area (Å²) in [6, 6.07) is 1.63. The highest BCUT2D eigenvalue weighted by molar-refractivity contribution is 6.35. The molecule has 0 spiro atoms. The van der Waals surface area contributed by atoms with Gasteiger partial charge in [0.05, 0.1) is 31.9 Å². The fourth-order valence-electron chi connectivity index (χ4n) is 1.41. The number of carbonyl (C=O) groups is 1. The van der Waals surface area contributed by atoms with E-state index in [1.54, 1.807) is 13.0 Å². The summed E-state index contributed by atoms with van der Waals surface area (Å²) in [7, 11) is 4.28. The Kier molecular flexibility index (Phi) is 4.01. The Labute approximate surface area is 99.1 Å². The maximum atomic E-state index is 11.6. The summed E-state index contributed by atoms with van der Waals surface area (Å²) < 4.78 is 14.9. The van der Waals surface area contributed by atoms with E-state index in [0.29, 0.717) is 17.1 Å². The lowest BCUT2D eigenvalue weighted by Gasteiger charge is -2.14. The predicted octanol–water partition coefficient (Wildman–Crippen LogP) is 2.45. The second kappa shape index (κ2) is 5.07. The second-order valence-corrected chi connectivity index (χ2v) is 3.46. The molecule has 0 radical (unpaired) electrons. The summed E-state index contributed by atoms with van der Waals surface area (Å²) in [6.07, 6.45) is 0. The van der Waals surface area contributed by atoms with Gasteiger partial charge in [-0.15, -0.1) is 0 Å². The Balaban J connectivity index is 3.49. The standard InChI is InChI=1S/C11H13ClO4/c1-6-7(14-2)5-8(15-3)10(12)9(6)11(13)16-4/h5H,1-4H3. The van der Waals surface area contributed by atoms with Crippen molar-refractivity contribution in [1.29, 1.82) is 0 Å². The Morgan fingerprint density at radius 1 is 1.19 bits per heavy atom. The van der Waals surface area contributed by atoms with Crippen LogP contribution in [0.5, 0.6) is 11.5 Å². The number of methoxy groups -OCH3 is 3. The monoisotopic (exact) mass is 244 g/mol. The molecule has 0 unspecified atom stereocenters. The fourth-order valence-corrected chi connectivity index (χ4v) is 1.76. The average molecular weight is 245 g/mol. The van der Waals surface area contributed by atoms with Gasteiger partial charge in [0.15, 0.2) is 0 Å². The van der Waals surface area contributed by atoms with Gasteiger partial charge < -0.3 is 14.2 Å². The summed E-state index contributed by atoms with van der Waals surface area (Å²) in [6.45, 7) is 1.73. The molecule has 88 valence electrons. The van der Waals surface area contributed by atoms with Gasteiger partial charge in [-0.25, -0.2) is 4.79 Å². The predicted molar refractivity (Wildman–Crippen MR) is 60.6 cm³/mol. The molecule has 0 amide bonds. The summed E-state index contributed by atoms with van der Waals surface area (Å²) in [5.41, 5.74) is 0.889. The normalized spacial score (nSPS) is 9.81. The van der Waals surface area contributed by atoms with Crippen molar-refractivity contribution < 1.29 is 19.0 Å². The molecule has 0 fully saturated rings. The molecule has 0 aromatic heterocycles. The van der Waals surface area contributed by atoms with Crippen LogP contribution in [0.4, 0.5) is 0 Å². The minimum absolute atomic E-state index is 0.229. The minimum atomic E-state index is -0.514. The first kappa shape index (κ1) is 12.6. The van der Waals surface area contributed by atoms with Crippen LogP contribution in [0.15, 0.2) is 6.07 Å². The van der Waals surface area contributed by atoms with Gasteiger partial charge in [0.2, 0.25) is 0 Å². The average Bonchev–Trinajstić information content (AvgIpc) is 2.29. The first-order chi connectivity index (χ1) is 7.56. The van der Waals surface area contributed by atoms with Crippen LogP contribution < -0.4 is 9.47 Å². The van der Waals surface area contributed by atoms with Crippen LogP contribution in [-0.2, 0) is 4.74 Å². The molecule has 1 rings (SSSR count). The van der Waals surface area contributed by atoms with Gasteiger partial charge in [-0.1, -0.05) is 11.6 Å². The number of carbonyl (C=O) groups excluding carboxylic acids is 1. The van der Waals surface area contributed by atoms with E-state index in [-0.39, 0.29) is 10.6 Å². The molecular formula is C11H13ClO4. The molecule has 0 aliphatic heterocycles. The lowest BCUT2D eigenvalue weighted by atomic mass is 10.1. The lowest BCUT2D eigenvalue weighted by molar-refractivity contribution is 0.0599. The van der Waals surface area contributed by atoms with Crippen LogP contribution in [0.25, 0.3) is 0 Å². The van der Waals surface area contributed by atoms with Gasteiger partial charge in [-0.05, 0) is 6.92 Å². The van der Waals surface area contributed by atoms with E-state index in [0.717, 1.165) is 0 Å². The molecule has 0 saturated carbocycles. The zero-order valence-corrected chi connectivity index (χ0v) is 10.3. The quantitative estimate of drug-likeness (QED) is 0.766. The molecule has 0 N–H and O–H groups in total. The SMILES string of the molecule is COC(=O)c1c(C)c(OC)cc(OC)c1Cl. The smallest absolute Gasteiger partial charge is 0.339 e. The maximum Gasteiger partial charge on any atom is 0.339 e. The Morgan fingerprint density at radius 2 is 1.75 bits per heavy atom. The molecule has 1 aromatic carbocycles. The summed E-state index contributed by atoms with van der Waals surface area (Å²) in [5.74, 6) is 0.394. The van der Waals surface area contributed by atoms with Crippen LogP contribution >= 0.6 is 11.6 Å². The third-order valence-electron chi connectivity index (χ3n) is 2.27. The first-order valence-electron chi connectivity index (χ1n) is 4.56. The zero-order valence-electron chi connectivity index (χ0n) is 9.59. The van der Waals surface area contributed by atoms with Gasteiger partial charge in [0.25, 0.3) is 0 Å². The number of rotatable bonds is 3. The van der Waals surface area contributed by atoms with Crippen LogP contribution in [0, 0.1) is 6.92 Å². The van der Waals surface area contributed by atoms with Crippen LogP contribution in [0.2, 0.25) is 5.02 Å². The molecule has 4 nitrogen and oxygen atoms in total. The molecular weight excluding hydrogens is 232 g/mol. The van der Waals surface area contributed by atoms with E-state index in [4.69, 9.17) is 21.1 Å². The van der Waals surface area contributed by atoms with Gasteiger partial charge in [0.1, 0.15) is 11.5 Å². The molecule has 1 aromatic rings. The lowest BCUT2D eigenvalue weighted by Crippen LogP contribution is -2.07. The molecule has 5 heteroatoms. The third kappa shape index (κ3) is 2.07. The molecule has 0 atom stereocenters. The summed E-state index contributed by atoms with van der Waals surface area (Å²) >= 11 is 6.04. The largest absolute Gasteiger partial charge is 0.496 e. The van der Waals surface area contributed by atoms with E-state index in [1.165, 1.54) is 21.3 Å². The Morgan fingerprint density at radius 3 is 2.19 bits per heavy atom. The third-order valence-corrected chi connectivity index (χ3v) is 2.65. The van der Waals surface area contributed by atoms with Crippen LogP contribution in [-0.4, -0.2) is 27.3 Å². The number of hydrogen-bond donors (Lipinski definition) is 0. The highest BCUT2D eigenvalue weighted by Crippen LogP contribution is 2.37. The van der Waals surface area contributed by atoms with Crippen molar-refractivity contribution in [2.45, 2.75) is 6.92 Å². The van der Waals surface area contributed by atoms with Crippen molar-refractivity contribution in [2.75, 3.05) is 21.3 Å². The van der Waals surface area contributed by atoms with Gasteiger partial charge in [0, 0.05) is 11.6 Å².